The number of aromatic hydroxyl groups is 1. The molecule has 5 rings (SSSR count). The summed E-state index contributed by atoms with van der Waals surface area (Å²) in [7, 11) is 0. The first kappa shape index (κ1) is 18.8. The quantitative estimate of drug-likeness (QED) is 0.640. The molecule has 0 aliphatic carbocycles. The number of phenolic OH excluding ortho intramolecular Hbond substituents is 1. The highest BCUT2D eigenvalue weighted by atomic mass is 16.6. The highest BCUT2D eigenvalue weighted by molar-refractivity contribution is 5.89. The second-order valence-corrected chi connectivity index (χ2v) is 7.46. The van der Waals surface area contributed by atoms with Crippen molar-refractivity contribution in [1.29, 1.82) is 0 Å². The summed E-state index contributed by atoms with van der Waals surface area (Å²) in [6.45, 7) is 3.62. The van der Waals surface area contributed by atoms with Gasteiger partial charge in [0, 0.05) is 23.1 Å². The van der Waals surface area contributed by atoms with Gasteiger partial charge < -0.3 is 19.7 Å². The third-order valence-electron chi connectivity index (χ3n) is 5.92. The Hall–Kier alpha value is -3.23. The molecule has 8 heteroatoms. The average molecular weight is 408 g/mol. The first-order valence-corrected chi connectivity index (χ1v) is 9.83. The van der Waals surface area contributed by atoms with Crippen LogP contribution in [0.5, 0.6) is 5.75 Å². The zero-order chi connectivity index (χ0) is 21.2. The molecule has 2 aliphatic rings. The van der Waals surface area contributed by atoms with Gasteiger partial charge in [0.2, 0.25) is 0 Å². The van der Waals surface area contributed by atoms with E-state index in [2.05, 4.69) is 4.98 Å². The van der Waals surface area contributed by atoms with Crippen molar-refractivity contribution >= 4 is 16.9 Å². The molecule has 8 nitrogen and oxygen atoms in total. The molecule has 154 valence electrons. The lowest BCUT2D eigenvalue weighted by Crippen LogP contribution is -2.44. The molecule has 0 fully saturated rings. The number of ether oxygens (including phenoxy) is 2. The minimum Gasteiger partial charge on any atom is -0.507 e. The predicted octanol–water partition coefficient (Wildman–Crippen LogP) is 2.32. The van der Waals surface area contributed by atoms with Gasteiger partial charge in [0.25, 0.3) is 5.56 Å². The van der Waals surface area contributed by atoms with Crippen LogP contribution in [0.4, 0.5) is 0 Å². The maximum atomic E-state index is 13.4. The summed E-state index contributed by atoms with van der Waals surface area (Å²) in [4.78, 5) is 30.4. The fourth-order valence-corrected chi connectivity index (χ4v) is 4.34. The molecule has 2 N–H and O–H groups in total. The molecular weight excluding hydrogens is 388 g/mol. The summed E-state index contributed by atoms with van der Waals surface area (Å²) in [6, 6.07) is 8.44. The van der Waals surface area contributed by atoms with Gasteiger partial charge in [-0.2, -0.15) is 0 Å². The maximum Gasteiger partial charge on any atom is 0.343 e. The number of hydrogen-bond acceptors (Lipinski definition) is 7. The van der Waals surface area contributed by atoms with E-state index in [0.717, 1.165) is 0 Å². The number of carbonyl (C=O) groups is 1. The van der Waals surface area contributed by atoms with Crippen LogP contribution < -0.4 is 5.56 Å². The zero-order valence-electron chi connectivity index (χ0n) is 16.5. The monoisotopic (exact) mass is 408 g/mol. The van der Waals surface area contributed by atoms with Crippen molar-refractivity contribution in [2.75, 3.05) is 6.61 Å². The topological polar surface area (TPSA) is 111 Å². The van der Waals surface area contributed by atoms with Crippen molar-refractivity contribution in [2.45, 2.75) is 38.7 Å². The first-order valence-electron chi connectivity index (χ1n) is 9.83. The Kier molecular flexibility index (Phi) is 4.00. The molecule has 0 saturated heterocycles. The van der Waals surface area contributed by atoms with E-state index in [9.17, 15) is 19.8 Å². The summed E-state index contributed by atoms with van der Waals surface area (Å²) in [5, 5.41) is 21.8. The van der Waals surface area contributed by atoms with E-state index in [1.165, 1.54) is 4.57 Å². The largest absolute Gasteiger partial charge is 0.507 e. The Bertz CT molecular complexity index is 1280. The molecule has 0 radical (unpaired) electrons. The van der Waals surface area contributed by atoms with Crippen molar-refractivity contribution in [1.82, 2.24) is 9.55 Å². The molecule has 0 saturated carbocycles. The Morgan fingerprint density at radius 2 is 2.10 bits per heavy atom. The fourth-order valence-electron chi connectivity index (χ4n) is 4.34. The van der Waals surface area contributed by atoms with Crippen LogP contribution in [0, 0.1) is 0 Å². The first-order chi connectivity index (χ1) is 14.4. The molecule has 0 spiro atoms. The van der Waals surface area contributed by atoms with Crippen molar-refractivity contribution in [2.24, 2.45) is 0 Å². The molecule has 2 aliphatic heterocycles. The van der Waals surface area contributed by atoms with E-state index in [0.29, 0.717) is 34.5 Å². The van der Waals surface area contributed by atoms with Gasteiger partial charge >= 0.3 is 5.97 Å². The summed E-state index contributed by atoms with van der Waals surface area (Å²) in [5.41, 5.74) is 0.368. The Balaban J connectivity index is 1.86. The van der Waals surface area contributed by atoms with Gasteiger partial charge in [0.05, 0.1) is 22.5 Å². The van der Waals surface area contributed by atoms with Crippen molar-refractivity contribution < 1.29 is 24.5 Å². The highest BCUT2D eigenvalue weighted by Gasteiger charge is 2.46. The van der Waals surface area contributed by atoms with E-state index in [1.54, 1.807) is 37.3 Å². The molecule has 1 unspecified atom stereocenters. The molecule has 3 aromatic rings. The standard InChI is InChI=1S/C22H20N2O6/c1-3-22(28)14-9-16-18-12(8-11-15(23-18)6-5-7-17(11)25)20(29-4-2)24(16)19(26)13(14)10-30-21(22)27/h5-9,20,25,28H,3-4,10H2,1-2H3/t20?,22-/m0/s1. The van der Waals surface area contributed by atoms with Crippen LogP contribution in [0.1, 0.15) is 43.2 Å². The molecule has 0 amide bonds. The molecule has 2 atom stereocenters. The van der Waals surface area contributed by atoms with Crippen molar-refractivity contribution in [3.63, 3.8) is 0 Å². The lowest BCUT2D eigenvalue weighted by atomic mass is 9.86. The van der Waals surface area contributed by atoms with Gasteiger partial charge in [-0.1, -0.05) is 13.0 Å². The van der Waals surface area contributed by atoms with Gasteiger partial charge in [-0.05, 0) is 37.6 Å². The molecule has 30 heavy (non-hydrogen) atoms. The SMILES string of the molecule is CCOC1c2cc3c(O)cccc3nc2-c2cc3c(c(=O)n21)COC(=O)[C@]3(O)CC. The number of esters is 1. The summed E-state index contributed by atoms with van der Waals surface area (Å²) < 4.78 is 12.5. The number of carbonyl (C=O) groups excluding carboxylic acids is 1. The summed E-state index contributed by atoms with van der Waals surface area (Å²) >= 11 is 0. The second-order valence-electron chi connectivity index (χ2n) is 7.46. The molecule has 0 bridgehead atoms. The predicted molar refractivity (Wildman–Crippen MR) is 107 cm³/mol. The minimum atomic E-state index is -1.89. The van der Waals surface area contributed by atoms with Crippen LogP contribution >= 0.6 is 0 Å². The third kappa shape index (κ3) is 2.31. The number of nitrogens with zero attached hydrogens (tertiary/aromatic N) is 2. The summed E-state index contributed by atoms with van der Waals surface area (Å²) in [6.07, 6.45) is -0.663. The van der Waals surface area contributed by atoms with Crippen LogP contribution in [-0.4, -0.2) is 32.3 Å². The smallest absolute Gasteiger partial charge is 0.343 e. The summed E-state index contributed by atoms with van der Waals surface area (Å²) in [5.74, 6) is -0.683. The number of cyclic esters (lactones) is 1. The van der Waals surface area contributed by atoms with E-state index in [4.69, 9.17) is 9.47 Å². The van der Waals surface area contributed by atoms with E-state index in [-0.39, 0.29) is 29.9 Å². The Labute approximate surface area is 171 Å². The number of phenols is 1. The number of aliphatic hydroxyl groups is 1. The number of fused-ring (bicyclic) bond motifs is 5. The number of pyridine rings is 2. The number of rotatable bonds is 3. The average Bonchev–Trinajstić information content (AvgIpc) is 3.04. The van der Waals surface area contributed by atoms with E-state index < -0.39 is 23.4 Å². The van der Waals surface area contributed by atoms with Gasteiger partial charge in [0.15, 0.2) is 11.8 Å². The minimum absolute atomic E-state index is 0.0719. The zero-order valence-corrected chi connectivity index (χ0v) is 16.5. The molecular formula is C22H20N2O6. The van der Waals surface area contributed by atoms with Gasteiger partial charge in [-0.3, -0.25) is 9.36 Å². The lowest BCUT2D eigenvalue weighted by Gasteiger charge is -2.32. The van der Waals surface area contributed by atoms with Crippen molar-refractivity contribution in [3.8, 4) is 17.1 Å². The number of aromatic nitrogens is 2. The van der Waals surface area contributed by atoms with E-state index in [1.807, 2.05) is 6.92 Å². The number of hydrogen-bond donors (Lipinski definition) is 2. The Morgan fingerprint density at radius 1 is 1.30 bits per heavy atom. The van der Waals surface area contributed by atoms with Crippen LogP contribution in [0.15, 0.2) is 35.1 Å². The van der Waals surface area contributed by atoms with Gasteiger partial charge in [-0.25, -0.2) is 9.78 Å². The normalized spacial score (nSPS) is 21.8. The molecule has 4 heterocycles. The van der Waals surface area contributed by atoms with E-state index >= 15 is 0 Å². The lowest BCUT2D eigenvalue weighted by molar-refractivity contribution is -0.172. The fraction of sp³-hybridized carbons (Fsp3) is 0.318. The third-order valence-corrected chi connectivity index (χ3v) is 5.92. The van der Waals surface area contributed by atoms with Crippen LogP contribution in [0.25, 0.3) is 22.3 Å². The van der Waals surface area contributed by atoms with Crippen molar-refractivity contribution in [3.05, 3.63) is 57.4 Å². The number of benzene rings is 1. The molecule has 1 aromatic carbocycles. The molecule has 2 aromatic heterocycles. The van der Waals surface area contributed by atoms with Crippen LogP contribution in [0.2, 0.25) is 0 Å². The van der Waals surface area contributed by atoms with Gasteiger partial charge in [0.1, 0.15) is 12.4 Å². The van der Waals surface area contributed by atoms with Gasteiger partial charge in [-0.15, -0.1) is 0 Å². The highest BCUT2D eigenvalue weighted by Crippen LogP contribution is 2.43. The Morgan fingerprint density at radius 3 is 2.83 bits per heavy atom. The van der Waals surface area contributed by atoms with Crippen LogP contribution in [-0.2, 0) is 26.5 Å². The van der Waals surface area contributed by atoms with Crippen LogP contribution in [0.3, 0.4) is 0 Å². The maximum absolute atomic E-state index is 13.4. The second kappa shape index (κ2) is 6.38.